The molecule has 4 rings (SSSR count). The topological polar surface area (TPSA) is 118 Å². The molecule has 0 spiro atoms. The van der Waals surface area contributed by atoms with Gasteiger partial charge in [0.1, 0.15) is 17.3 Å². The van der Waals surface area contributed by atoms with Crippen molar-refractivity contribution in [3.8, 4) is 17.0 Å². The van der Waals surface area contributed by atoms with Crippen LogP contribution in [0.4, 0.5) is 10.6 Å². The lowest BCUT2D eigenvalue weighted by molar-refractivity contribution is 0.249. The highest BCUT2D eigenvalue weighted by molar-refractivity contribution is 5.95. The third-order valence-corrected chi connectivity index (χ3v) is 4.64. The van der Waals surface area contributed by atoms with Crippen LogP contribution in [-0.4, -0.2) is 38.3 Å². The molecular weight excluding hydrogens is 382 g/mol. The van der Waals surface area contributed by atoms with Crippen LogP contribution in [0.25, 0.3) is 22.2 Å². The third-order valence-electron chi connectivity index (χ3n) is 4.64. The van der Waals surface area contributed by atoms with Gasteiger partial charge in [0.25, 0.3) is 0 Å². The molecule has 2 amide bonds. The molecule has 9 heteroatoms. The number of rotatable bonds is 5. The van der Waals surface area contributed by atoms with Gasteiger partial charge in [-0.2, -0.15) is 5.10 Å². The van der Waals surface area contributed by atoms with Gasteiger partial charge in [-0.15, -0.1) is 0 Å². The Morgan fingerprint density at radius 3 is 2.77 bits per heavy atom. The average Bonchev–Trinajstić information content (AvgIpc) is 3.17. The molecular formula is C21H21N7O2. The van der Waals surface area contributed by atoms with E-state index in [0.717, 1.165) is 27.9 Å². The van der Waals surface area contributed by atoms with Gasteiger partial charge in [-0.25, -0.2) is 9.78 Å². The minimum Gasteiger partial charge on any atom is -0.497 e. The Bertz CT molecular complexity index is 1200. The number of urea groups is 1. The summed E-state index contributed by atoms with van der Waals surface area (Å²) in [6.45, 7) is 3.77. The Hall–Kier alpha value is -4.01. The van der Waals surface area contributed by atoms with Crippen molar-refractivity contribution >= 4 is 22.8 Å². The average molecular weight is 403 g/mol. The number of H-pyrrole nitrogens is 1. The SMILES string of the molecule is COc1ccnc([C@@H](C)NC(=O)Nc2cc3[nH]nc(-c4ccnc(C)c4)c3cn2)c1. The van der Waals surface area contributed by atoms with E-state index in [4.69, 9.17) is 4.74 Å². The molecule has 0 aromatic carbocycles. The predicted octanol–water partition coefficient (Wildman–Crippen LogP) is 3.61. The standard InChI is InChI=1S/C21H21N7O2/c1-12-8-14(4-6-22-12)20-16-11-24-19(10-18(16)27-28-20)26-21(29)25-13(2)17-9-15(30-3)5-7-23-17/h4-11,13H,1-3H3,(H,27,28)(H2,24,25,26,29)/t13-/m1/s1. The number of amides is 2. The Labute approximate surface area is 172 Å². The Balaban J connectivity index is 1.48. The molecule has 0 fully saturated rings. The molecule has 0 radical (unpaired) electrons. The van der Waals surface area contributed by atoms with E-state index in [0.29, 0.717) is 17.3 Å². The zero-order valence-electron chi connectivity index (χ0n) is 16.8. The number of aryl methyl sites for hydroxylation is 1. The largest absolute Gasteiger partial charge is 0.497 e. The van der Waals surface area contributed by atoms with E-state index in [1.165, 1.54) is 0 Å². The summed E-state index contributed by atoms with van der Waals surface area (Å²) in [6, 6.07) is 8.44. The van der Waals surface area contributed by atoms with Crippen LogP contribution in [0.3, 0.4) is 0 Å². The number of hydrogen-bond acceptors (Lipinski definition) is 6. The summed E-state index contributed by atoms with van der Waals surface area (Å²) in [4.78, 5) is 25.2. The first-order chi connectivity index (χ1) is 14.5. The predicted molar refractivity (Wildman–Crippen MR) is 113 cm³/mol. The van der Waals surface area contributed by atoms with E-state index in [-0.39, 0.29) is 12.1 Å². The summed E-state index contributed by atoms with van der Waals surface area (Å²) in [5.41, 5.74) is 4.11. The van der Waals surface area contributed by atoms with Gasteiger partial charge in [-0.1, -0.05) is 0 Å². The first kappa shape index (κ1) is 19.3. The molecule has 4 aromatic heterocycles. The lowest BCUT2D eigenvalue weighted by Gasteiger charge is -2.14. The number of anilines is 1. The van der Waals surface area contributed by atoms with Crippen molar-refractivity contribution in [2.45, 2.75) is 19.9 Å². The maximum atomic E-state index is 12.4. The smallest absolute Gasteiger partial charge is 0.320 e. The van der Waals surface area contributed by atoms with Gasteiger partial charge < -0.3 is 10.1 Å². The number of carbonyl (C=O) groups excluding carboxylic acids is 1. The molecule has 0 aliphatic rings. The maximum absolute atomic E-state index is 12.4. The van der Waals surface area contributed by atoms with Crippen molar-refractivity contribution < 1.29 is 9.53 Å². The van der Waals surface area contributed by atoms with E-state index < -0.39 is 0 Å². The zero-order chi connectivity index (χ0) is 21.1. The van der Waals surface area contributed by atoms with Crippen LogP contribution in [0.15, 0.2) is 48.9 Å². The normalized spacial score (nSPS) is 11.8. The number of aromatic amines is 1. The van der Waals surface area contributed by atoms with E-state index in [9.17, 15) is 4.79 Å². The summed E-state index contributed by atoms with van der Waals surface area (Å²) in [5, 5.41) is 13.8. The maximum Gasteiger partial charge on any atom is 0.320 e. The second kappa shape index (κ2) is 8.16. The Morgan fingerprint density at radius 2 is 1.97 bits per heavy atom. The molecule has 0 unspecified atom stereocenters. The van der Waals surface area contributed by atoms with Crippen molar-refractivity contribution in [2.24, 2.45) is 0 Å². The van der Waals surface area contributed by atoms with Crippen LogP contribution < -0.4 is 15.4 Å². The minimum absolute atomic E-state index is 0.308. The quantitative estimate of drug-likeness (QED) is 0.468. The molecule has 3 N–H and O–H groups in total. The molecule has 0 aliphatic heterocycles. The fraction of sp³-hybridized carbons (Fsp3) is 0.190. The molecule has 0 aliphatic carbocycles. The van der Waals surface area contributed by atoms with Gasteiger partial charge in [-0.05, 0) is 32.0 Å². The monoisotopic (exact) mass is 403 g/mol. The van der Waals surface area contributed by atoms with Gasteiger partial charge in [0.2, 0.25) is 0 Å². The fourth-order valence-electron chi connectivity index (χ4n) is 3.11. The van der Waals surface area contributed by atoms with Crippen molar-refractivity contribution in [2.75, 3.05) is 12.4 Å². The fourth-order valence-corrected chi connectivity index (χ4v) is 3.11. The highest BCUT2D eigenvalue weighted by atomic mass is 16.5. The molecule has 0 saturated heterocycles. The summed E-state index contributed by atoms with van der Waals surface area (Å²) in [5.74, 6) is 1.09. The molecule has 9 nitrogen and oxygen atoms in total. The molecule has 4 heterocycles. The summed E-state index contributed by atoms with van der Waals surface area (Å²) in [7, 11) is 1.59. The van der Waals surface area contributed by atoms with E-state index in [2.05, 4.69) is 35.8 Å². The highest BCUT2D eigenvalue weighted by Crippen LogP contribution is 2.27. The molecule has 1 atom stereocenters. The molecule has 0 saturated carbocycles. The zero-order valence-corrected chi connectivity index (χ0v) is 16.8. The number of carbonyl (C=O) groups is 1. The Morgan fingerprint density at radius 1 is 1.13 bits per heavy atom. The number of hydrogen-bond donors (Lipinski definition) is 3. The molecule has 0 bridgehead atoms. The van der Waals surface area contributed by atoms with Gasteiger partial charge in [0, 0.05) is 47.4 Å². The first-order valence-electron chi connectivity index (χ1n) is 9.38. The molecule has 30 heavy (non-hydrogen) atoms. The van der Waals surface area contributed by atoms with Gasteiger partial charge >= 0.3 is 6.03 Å². The van der Waals surface area contributed by atoms with E-state index >= 15 is 0 Å². The van der Waals surface area contributed by atoms with Crippen LogP contribution in [0.1, 0.15) is 24.4 Å². The van der Waals surface area contributed by atoms with E-state index in [1.54, 1.807) is 43.9 Å². The van der Waals surface area contributed by atoms with Crippen molar-refractivity contribution in [1.29, 1.82) is 0 Å². The van der Waals surface area contributed by atoms with Crippen LogP contribution >= 0.6 is 0 Å². The summed E-state index contributed by atoms with van der Waals surface area (Å²) < 4.78 is 5.20. The number of pyridine rings is 3. The number of aromatic nitrogens is 5. The third kappa shape index (κ3) is 4.04. The molecule has 4 aromatic rings. The lowest BCUT2D eigenvalue weighted by Crippen LogP contribution is -2.31. The lowest BCUT2D eigenvalue weighted by atomic mass is 10.1. The van der Waals surface area contributed by atoms with Crippen molar-refractivity contribution in [3.63, 3.8) is 0 Å². The van der Waals surface area contributed by atoms with Crippen LogP contribution in [0.2, 0.25) is 0 Å². The van der Waals surface area contributed by atoms with Crippen LogP contribution in [0, 0.1) is 6.92 Å². The van der Waals surface area contributed by atoms with Crippen molar-refractivity contribution in [3.05, 3.63) is 60.3 Å². The highest BCUT2D eigenvalue weighted by Gasteiger charge is 2.14. The summed E-state index contributed by atoms with van der Waals surface area (Å²) in [6.07, 6.45) is 5.07. The molecule has 152 valence electrons. The number of ether oxygens (including phenoxy) is 1. The van der Waals surface area contributed by atoms with E-state index in [1.807, 2.05) is 26.0 Å². The Kier molecular flexibility index (Phi) is 5.25. The van der Waals surface area contributed by atoms with Crippen LogP contribution in [-0.2, 0) is 0 Å². The number of methoxy groups -OCH3 is 1. The number of nitrogens with zero attached hydrogens (tertiary/aromatic N) is 4. The van der Waals surface area contributed by atoms with Crippen molar-refractivity contribution in [1.82, 2.24) is 30.5 Å². The number of fused-ring (bicyclic) bond motifs is 1. The second-order valence-electron chi connectivity index (χ2n) is 6.81. The van der Waals surface area contributed by atoms with Gasteiger partial charge in [0.15, 0.2) is 0 Å². The minimum atomic E-state index is -0.386. The second-order valence-corrected chi connectivity index (χ2v) is 6.81. The van der Waals surface area contributed by atoms with Crippen LogP contribution in [0.5, 0.6) is 5.75 Å². The first-order valence-corrected chi connectivity index (χ1v) is 9.38. The number of nitrogens with one attached hydrogen (secondary N) is 3. The summed E-state index contributed by atoms with van der Waals surface area (Å²) >= 11 is 0. The van der Waals surface area contributed by atoms with Gasteiger partial charge in [-0.3, -0.25) is 20.4 Å². The van der Waals surface area contributed by atoms with Gasteiger partial charge in [0.05, 0.1) is 24.4 Å².